The van der Waals surface area contributed by atoms with E-state index in [0.29, 0.717) is 18.8 Å². The molecule has 0 amide bonds. The number of nitrogens with zero attached hydrogens (tertiary/aromatic N) is 3. The molecule has 1 atom stereocenters. The van der Waals surface area contributed by atoms with Gasteiger partial charge in [-0.1, -0.05) is 0 Å². The van der Waals surface area contributed by atoms with E-state index in [0.717, 1.165) is 12.8 Å². The Morgan fingerprint density at radius 2 is 2.30 bits per heavy atom. The number of rotatable bonds is 4. The van der Waals surface area contributed by atoms with E-state index in [1.807, 2.05) is 4.90 Å². The van der Waals surface area contributed by atoms with E-state index in [2.05, 4.69) is 4.98 Å². The largest absolute Gasteiger partial charge is 0.366 e. The summed E-state index contributed by atoms with van der Waals surface area (Å²) in [4.78, 5) is 16.1. The first-order chi connectivity index (χ1) is 9.37. The van der Waals surface area contributed by atoms with Gasteiger partial charge in [0.15, 0.2) is 0 Å². The minimum absolute atomic E-state index is 0.0660. The summed E-state index contributed by atoms with van der Waals surface area (Å²) in [6.07, 6.45) is 4.23. The van der Waals surface area contributed by atoms with Crippen molar-refractivity contribution in [1.29, 1.82) is 0 Å². The Balaban J connectivity index is 2.19. The van der Waals surface area contributed by atoms with E-state index in [4.69, 9.17) is 5.14 Å². The van der Waals surface area contributed by atoms with E-state index < -0.39 is 14.9 Å². The SMILES string of the molecule is NS(=O)(=O)C[C@H]1CCCN(c2ccncc2[N+](=O)[O-])C1. The normalized spacial score (nSPS) is 19.9. The number of aromatic nitrogens is 1. The van der Waals surface area contributed by atoms with Gasteiger partial charge < -0.3 is 4.90 Å². The van der Waals surface area contributed by atoms with Gasteiger partial charge in [0.1, 0.15) is 11.9 Å². The molecule has 20 heavy (non-hydrogen) atoms. The summed E-state index contributed by atoms with van der Waals surface area (Å²) in [5.41, 5.74) is 0.410. The van der Waals surface area contributed by atoms with Crippen LogP contribution < -0.4 is 10.0 Å². The van der Waals surface area contributed by atoms with Gasteiger partial charge in [0.2, 0.25) is 10.0 Å². The number of pyridine rings is 1. The summed E-state index contributed by atoms with van der Waals surface area (Å²) in [5, 5.41) is 16.1. The van der Waals surface area contributed by atoms with Crippen molar-refractivity contribution in [2.45, 2.75) is 12.8 Å². The molecule has 2 N–H and O–H groups in total. The van der Waals surface area contributed by atoms with Crippen LogP contribution in [0.3, 0.4) is 0 Å². The van der Waals surface area contributed by atoms with Crippen molar-refractivity contribution in [2.75, 3.05) is 23.7 Å². The Kier molecular flexibility index (Phi) is 4.19. The highest BCUT2D eigenvalue weighted by molar-refractivity contribution is 7.89. The quantitative estimate of drug-likeness (QED) is 0.638. The minimum atomic E-state index is -3.53. The van der Waals surface area contributed by atoms with Gasteiger partial charge in [-0.2, -0.15) is 0 Å². The number of anilines is 1. The summed E-state index contributed by atoms with van der Waals surface area (Å²) in [7, 11) is -3.53. The third-order valence-corrected chi connectivity index (χ3v) is 4.24. The fraction of sp³-hybridized carbons (Fsp3) is 0.545. The van der Waals surface area contributed by atoms with Gasteiger partial charge in [-0.25, -0.2) is 13.6 Å². The lowest BCUT2D eigenvalue weighted by molar-refractivity contribution is -0.384. The molecule has 110 valence electrons. The lowest BCUT2D eigenvalue weighted by atomic mass is 9.99. The van der Waals surface area contributed by atoms with Crippen molar-refractivity contribution in [3.63, 3.8) is 0 Å². The Labute approximate surface area is 116 Å². The van der Waals surface area contributed by atoms with Crippen LogP contribution in [-0.4, -0.2) is 37.2 Å². The molecule has 1 aromatic heterocycles. The highest BCUT2D eigenvalue weighted by atomic mass is 32.2. The van der Waals surface area contributed by atoms with E-state index in [1.54, 1.807) is 6.07 Å². The Morgan fingerprint density at radius 1 is 1.55 bits per heavy atom. The van der Waals surface area contributed by atoms with Crippen LogP contribution >= 0.6 is 0 Å². The van der Waals surface area contributed by atoms with Crippen LogP contribution in [0.4, 0.5) is 11.4 Å². The van der Waals surface area contributed by atoms with E-state index in [1.165, 1.54) is 12.4 Å². The predicted octanol–water partition coefficient (Wildman–Crippen LogP) is 0.495. The molecular formula is C11H16N4O4S. The van der Waals surface area contributed by atoms with E-state index in [-0.39, 0.29) is 17.4 Å². The monoisotopic (exact) mass is 300 g/mol. The average molecular weight is 300 g/mol. The second-order valence-electron chi connectivity index (χ2n) is 4.91. The third-order valence-electron chi connectivity index (χ3n) is 3.30. The van der Waals surface area contributed by atoms with E-state index in [9.17, 15) is 18.5 Å². The molecular weight excluding hydrogens is 284 g/mol. The van der Waals surface area contributed by atoms with Gasteiger partial charge in [-0.05, 0) is 24.8 Å². The number of primary sulfonamides is 1. The Hall–Kier alpha value is -1.74. The molecule has 0 saturated carbocycles. The summed E-state index contributed by atoms with van der Waals surface area (Å²) >= 11 is 0. The van der Waals surface area contributed by atoms with Gasteiger partial charge >= 0.3 is 5.69 Å². The van der Waals surface area contributed by atoms with Gasteiger partial charge in [0, 0.05) is 19.3 Å². The van der Waals surface area contributed by atoms with E-state index >= 15 is 0 Å². The molecule has 1 aliphatic heterocycles. The molecule has 8 nitrogen and oxygen atoms in total. The van der Waals surface area contributed by atoms with Crippen LogP contribution in [-0.2, 0) is 10.0 Å². The summed E-state index contributed by atoms with van der Waals surface area (Å²) in [6, 6.07) is 1.58. The first-order valence-electron chi connectivity index (χ1n) is 6.20. The Bertz CT molecular complexity index is 604. The van der Waals surface area contributed by atoms with Crippen LogP contribution in [0.15, 0.2) is 18.5 Å². The summed E-state index contributed by atoms with van der Waals surface area (Å²) < 4.78 is 22.3. The highest BCUT2D eigenvalue weighted by Gasteiger charge is 2.27. The molecule has 1 fully saturated rings. The van der Waals surface area contributed by atoms with Crippen molar-refractivity contribution < 1.29 is 13.3 Å². The van der Waals surface area contributed by atoms with Crippen LogP contribution in [0.25, 0.3) is 0 Å². The maximum absolute atomic E-state index is 11.2. The second kappa shape index (κ2) is 5.71. The van der Waals surface area contributed by atoms with Crippen LogP contribution in [0, 0.1) is 16.0 Å². The van der Waals surface area contributed by atoms with Gasteiger partial charge in [0.25, 0.3) is 0 Å². The molecule has 1 aromatic rings. The first-order valence-corrected chi connectivity index (χ1v) is 7.92. The molecule has 0 bridgehead atoms. The van der Waals surface area contributed by atoms with Crippen LogP contribution in [0.2, 0.25) is 0 Å². The number of nitrogens with two attached hydrogens (primary N) is 1. The molecule has 1 saturated heterocycles. The molecule has 0 aliphatic carbocycles. The number of hydrogen-bond donors (Lipinski definition) is 1. The van der Waals surface area contributed by atoms with Crippen molar-refractivity contribution in [3.8, 4) is 0 Å². The molecule has 0 unspecified atom stereocenters. The van der Waals surface area contributed by atoms with Crippen molar-refractivity contribution in [3.05, 3.63) is 28.6 Å². The molecule has 1 aliphatic rings. The number of nitro groups is 1. The number of piperidine rings is 1. The smallest absolute Gasteiger partial charge is 0.310 e. The fourth-order valence-corrected chi connectivity index (χ4v) is 3.46. The van der Waals surface area contributed by atoms with Gasteiger partial charge in [-0.3, -0.25) is 15.1 Å². The lowest BCUT2D eigenvalue weighted by Gasteiger charge is -2.33. The van der Waals surface area contributed by atoms with Gasteiger partial charge in [-0.15, -0.1) is 0 Å². The van der Waals surface area contributed by atoms with Crippen molar-refractivity contribution in [2.24, 2.45) is 11.1 Å². The topological polar surface area (TPSA) is 119 Å². The molecule has 2 heterocycles. The Morgan fingerprint density at radius 3 is 2.95 bits per heavy atom. The molecule has 0 radical (unpaired) electrons. The lowest BCUT2D eigenvalue weighted by Crippen LogP contribution is -2.39. The average Bonchev–Trinajstić information content (AvgIpc) is 2.37. The fourth-order valence-electron chi connectivity index (χ4n) is 2.54. The zero-order chi connectivity index (χ0) is 14.8. The molecule has 2 rings (SSSR count). The summed E-state index contributed by atoms with van der Waals surface area (Å²) in [5.74, 6) is -0.200. The number of hydrogen-bond acceptors (Lipinski definition) is 6. The molecule has 0 spiro atoms. The first kappa shape index (κ1) is 14.7. The van der Waals surface area contributed by atoms with Crippen molar-refractivity contribution in [1.82, 2.24) is 4.98 Å². The third kappa shape index (κ3) is 3.64. The number of sulfonamides is 1. The minimum Gasteiger partial charge on any atom is -0.366 e. The van der Waals surface area contributed by atoms with Crippen molar-refractivity contribution >= 4 is 21.4 Å². The predicted molar refractivity (Wildman–Crippen MR) is 73.8 cm³/mol. The zero-order valence-electron chi connectivity index (χ0n) is 10.8. The maximum Gasteiger partial charge on any atom is 0.310 e. The second-order valence-corrected chi connectivity index (χ2v) is 6.56. The molecule has 9 heteroatoms. The maximum atomic E-state index is 11.2. The standard InChI is InChI=1S/C11H16N4O4S/c12-20(18,19)8-9-2-1-5-14(7-9)10-3-4-13-6-11(10)15(16)17/h3-4,6,9H,1-2,5,7-8H2,(H2,12,18,19)/t9-/m0/s1. The summed E-state index contributed by atoms with van der Waals surface area (Å²) in [6.45, 7) is 1.10. The van der Waals surface area contributed by atoms with Crippen LogP contribution in [0.1, 0.15) is 12.8 Å². The zero-order valence-corrected chi connectivity index (χ0v) is 11.6. The molecule has 0 aromatic carbocycles. The van der Waals surface area contributed by atoms with Gasteiger partial charge in [0.05, 0.1) is 10.7 Å². The highest BCUT2D eigenvalue weighted by Crippen LogP contribution is 2.30. The van der Waals surface area contributed by atoms with Crippen LogP contribution in [0.5, 0.6) is 0 Å².